The number of hydrogen-bond donors (Lipinski definition) is 3. The summed E-state index contributed by atoms with van der Waals surface area (Å²) in [5, 5.41) is 23.5. The SMILES string of the molecule is CC(C)(O)Cn1cc(C(=O)N=C(N)C(C)(c2ccc(-c3cnc(N)nc3C#N)nc2)C2CC2)cn1. The van der Waals surface area contributed by atoms with Gasteiger partial charge in [0.1, 0.15) is 11.9 Å². The fraction of sp³-hybridized carbons (Fsp3) is 0.375. The van der Waals surface area contributed by atoms with Gasteiger partial charge in [-0.1, -0.05) is 6.07 Å². The summed E-state index contributed by atoms with van der Waals surface area (Å²) in [5.41, 5.74) is 12.6. The zero-order valence-corrected chi connectivity index (χ0v) is 19.8. The molecular formula is C24H27N9O2. The lowest BCUT2D eigenvalue weighted by atomic mass is 9.77. The Hall–Kier alpha value is -4.17. The van der Waals surface area contributed by atoms with Crippen LogP contribution in [0.4, 0.5) is 5.95 Å². The molecule has 0 spiro atoms. The molecule has 5 N–H and O–H groups in total. The van der Waals surface area contributed by atoms with Gasteiger partial charge in [-0.25, -0.2) is 9.97 Å². The van der Waals surface area contributed by atoms with Gasteiger partial charge in [-0.05, 0) is 51.2 Å². The molecule has 0 aliphatic heterocycles. The molecule has 0 saturated heterocycles. The Bertz CT molecular complexity index is 1330. The van der Waals surface area contributed by atoms with E-state index in [1.54, 1.807) is 32.3 Å². The van der Waals surface area contributed by atoms with Crippen molar-refractivity contribution in [1.29, 1.82) is 5.26 Å². The van der Waals surface area contributed by atoms with E-state index in [9.17, 15) is 15.2 Å². The molecule has 11 heteroatoms. The smallest absolute Gasteiger partial charge is 0.281 e. The van der Waals surface area contributed by atoms with E-state index in [0.29, 0.717) is 11.3 Å². The number of aliphatic imine (C=N–C) groups is 1. The molecule has 11 nitrogen and oxygen atoms in total. The van der Waals surface area contributed by atoms with Crippen LogP contribution in [-0.2, 0) is 12.0 Å². The lowest BCUT2D eigenvalue weighted by Gasteiger charge is -2.29. The predicted octanol–water partition coefficient (Wildman–Crippen LogP) is 1.83. The molecular weight excluding hydrogens is 446 g/mol. The fourth-order valence-corrected chi connectivity index (χ4v) is 4.03. The average Bonchev–Trinajstić information content (AvgIpc) is 3.57. The minimum atomic E-state index is -0.967. The van der Waals surface area contributed by atoms with Gasteiger partial charge in [-0.2, -0.15) is 15.4 Å². The van der Waals surface area contributed by atoms with E-state index in [1.807, 2.05) is 19.1 Å². The largest absolute Gasteiger partial charge is 0.389 e. The van der Waals surface area contributed by atoms with Crippen LogP contribution in [-0.4, -0.2) is 47.2 Å². The third-order valence-electron chi connectivity index (χ3n) is 6.13. The molecule has 1 unspecified atom stereocenters. The maximum Gasteiger partial charge on any atom is 0.281 e. The van der Waals surface area contributed by atoms with E-state index < -0.39 is 16.9 Å². The molecule has 1 atom stereocenters. The number of rotatable bonds is 7. The maximum atomic E-state index is 12.8. The highest BCUT2D eigenvalue weighted by atomic mass is 16.3. The normalized spacial score (nSPS) is 15.9. The summed E-state index contributed by atoms with van der Waals surface area (Å²) in [5.74, 6) is -0.0661. The van der Waals surface area contributed by atoms with E-state index in [-0.39, 0.29) is 35.5 Å². The van der Waals surface area contributed by atoms with Crippen molar-refractivity contribution < 1.29 is 9.90 Å². The van der Waals surface area contributed by atoms with Crippen LogP contribution in [0.15, 0.2) is 41.9 Å². The topological polar surface area (TPSA) is 182 Å². The molecule has 1 aliphatic carbocycles. The van der Waals surface area contributed by atoms with Gasteiger partial charge in [0, 0.05) is 18.6 Å². The third-order valence-corrected chi connectivity index (χ3v) is 6.13. The van der Waals surface area contributed by atoms with E-state index in [2.05, 4.69) is 25.0 Å². The van der Waals surface area contributed by atoms with Crippen LogP contribution in [0, 0.1) is 17.2 Å². The van der Waals surface area contributed by atoms with Gasteiger partial charge in [-0.3, -0.25) is 14.5 Å². The monoisotopic (exact) mass is 473 g/mol. The summed E-state index contributed by atoms with van der Waals surface area (Å²) in [6, 6.07) is 5.64. The molecule has 4 rings (SSSR count). The van der Waals surface area contributed by atoms with Crippen LogP contribution in [0.5, 0.6) is 0 Å². The highest BCUT2D eigenvalue weighted by molar-refractivity contribution is 6.06. The summed E-state index contributed by atoms with van der Waals surface area (Å²) >= 11 is 0. The number of hydrogen-bond acceptors (Lipinski definition) is 8. The number of aromatic nitrogens is 5. The van der Waals surface area contributed by atoms with Gasteiger partial charge in [0.25, 0.3) is 5.91 Å². The minimum Gasteiger partial charge on any atom is -0.389 e. The molecule has 1 amide bonds. The summed E-state index contributed by atoms with van der Waals surface area (Å²) in [6.07, 6.45) is 8.02. The predicted molar refractivity (Wildman–Crippen MR) is 129 cm³/mol. The second-order valence-corrected chi connectivity index (χ2v) is 9.55. The van der Waals surface area contributed by atoms with E-state index in [0.717, 1.165) is 18.4 Å². The van der Waals surface area contributed by atoms with E-state index in [4.69, 9.17) is 11.5 Å². The number of pyridine rings is 1. The number of carbonyl (C=O) groups excluding carboxylic acids is 1. The molecule has 3 aromatic rings. The number of carbonyl (C=O) groups is 1. The summed E-state index contributed by atoms with van der Waals surface area (Å²) < 4.78 is 1.50. The summed E-state index contributed by atoms with van der Waals surface area (Å²) in [7, 11) is 0. The Morgan fingerprint density at radius 1 is 1.26 bits per heavy atom. The van der Waals surface area contributed by atoms with Crippen molar-refractivity contribution in [2.45, 2.75) is 51.2 Å². The molecule has 0 bridgehead atoms. The fourth-order valence-electron chi connectivity index (χ4n) is 4.03. The molecule has 35 heavy (non-hydrogen) atoms. The van der Waals surface area contributed by atoms with Gasteiger partial charge in [0.2, 0.25) is 5.95 Å². The molecule has 0 radical (unpaired) electrons. The van der Waals surface area contributed by atoms with Crippen LogP contribution >= 0.6 is 0 Å². The van der Waals surface area contributed by atoms with Gasteiger partial charge in [0.15, 0.2) is 5.69 Å². The molecule has 3 aromatic heterocycles. The van der Waals surface area contributed by atoms with Crippen LogP contribution in [0.25, 0.3) is 11.3 Å². The number of nitrogens with zero attached hydrogens (tertiary/aromatic N) is 7. The van der Waals surface area contributed by atoms with Gasteiger partial charge in [0.05, 0.1) is 40.6 Å². The van der Waals surface area contributed by atoms with Crippen molar-refractivity contribution in [3.05, 3.63) is 53.7 Å². The first-order valence-electron chi connectivity index (χ1n) is 11.1. The first-order chi connectivity index (χ1) is 16.5. The van der Waals surface area contributed by atoms with Gasteiger partial charge < -0.3 is 16.6 Å². The van der Waals surface area contributed by atoms with Gasteiger partial charge >= 0.3 is 0 Å². The van der Waals surface area contributed by atoms with Crippen molar-refractivity contribution in [2.75, 3.05) is 5.73 Å². The van der Waals surface area contributed by atoms with Crippen LogP contribution < -0.4 is 11.5 Å². The lowest BCUT2D eigenvalue weighted by Crippen LogP contribution is -2.41. The molecule has 0 aromatic carbocycles. The Labute approximate surface area is 202 Å². The van der Waals surface area contributed by atoms with Crippen molar-refractivity contribution in [3.8, 4) is 17.3 Å². The lowest BCUT2D eigenvalue weighted by molar-refractivity contribution is 0.0576. The summed E-state index contributed by atoms with van der Waals surface area (Å²) in [6.45, 7) is 5.52. The van der Waals surface area contributed by atoms with Crippen LogP contribution in [0.3, 0.4) is 0 Å². The van der Waals surface area contributed by atoms with Crippen LogP contribution in [0.1, 0.15) is 55.2 Å². The number of amidine groups is 1. The van der Waals surface area contributed by atoms with Crippen LogP contribution in [0.2, 0.25) is 0 Å². The second-order valence-electron chi connectivity index (χ2n) is 9.55. The zero-order valence-electron chi connectivity index (χ0n) is 19.8. The van der Waals surface area contributed by atoms with Crippen molar-refractivity contribution in [3.63, 3.8) is 0 Å². The van der Waals surface area contributed by atoms with E-state index in [1.165, 1.54) is 17.1 Å². The molecule has 1 aliphatic rings. The highest BCUT2D eigenvalue weighted by Gasteiger charge is 2.46. The molecule has 3 heterocycles. The summed E-state index contributed by atoms with van der Waals surface area (Å²) in [4.78, 5) is 29.5. The number of anilines is 1. The Morgan fingerprint density at radius 2 is 2.00 bits per heavy atom. The van der Waals surface area contributed by atoms with Gasteiger partial charge in [-0.15, -0.1) is 0 Å². The Morgan fingerprint density at radius 3 is 2.60 bits per heavy atom. The Balaban J connectivity index is 1.62. The van der Waals surface area contributed by atoms with Crippen molar-refractivity contribution >= 4 is 17.7 Å². The molecule has 180 valence electrons. The standard InChI is InChI=1S/C24H27N9O2/c1-23(2,35)13-33-12-14(9-30-33)20(34)32-21(26)24(3,15-4-5-15)16-6-7-18(28-10-16)17-11-29-22(27)31-19(17)8-25/h6-7,9-12,15,35H,4-5,13H2,1-3H3,(H2,26,32,34)(H2,27,29,31). The molecule has 1 saturated carbocycles. The quantitative estimate of drug-likeness (QED) is 0.340. The average molecular weight is 474 g/mol. The van der Waals surface area contributed by atoms with Crippen molar-refractivity contribution in [1.82, 2.24) is 24.7 Å². The minimum absolute atomic E-state index is 0.0162. The number of aliphatic hydroxyl groups is 1. The van der Waals surface area contributed by atoms with E-state index >= 15 is 0 Å². The Kier molecular flexibility index (Phi) is 6.08. The maximum absolute atomic E-state index is 12.8. The highest BCUT2D eigenvalue weighted by Crippen LogP contribution is 2.47. The number of amides is 1. The number of nitrogens with two attached hydrogens (primary N) is 2. The van der Waals surface area contributed by atoms with Crippen molar-refractivity contribution in [2.24, 2.45) is 16.6 Å². The number of nitriles is 1. The zero-order chi connectivity index (χ0) is 25.4. The first kappa shape index (κ1) is 24.0. The third kappa shape index (κ3) is 5.02. The first-order valence-corrected chi connectivity index (χ1v) is 11.1. The number of nitrogen functional groups attached to an aromatic ring is 1. The molecule has 1 fully saturated rings. The second kappa shape index (κ2) is 8.88.